The Balaban J connectivity index is 0.00000141. The van der Waals surface area contributed by atoms with E-state index < -0.39 is 6.10 Å². The molecule has 2 aromatic carbocycles. The first kappa shape index (κ1) is 25.5. The summed E-state index contributed by atoms with van der Waals surface area (Å²) in [4.78, 5) is 17.1. The van der Waals surface area contributed by atoms with Crippen molar-refractivity contribution in [3.63, 3.8) is 0 Å². The molecule has 0 bridgehead atoms. The van der Waals surface area contributed by atoms with Crippen molar-refractivity contribution in [2.75, 3.05) is 44.8 Å². The molecule has 2 N–H and O–H groups in total. The largest absolute Gasteiger partial charge is 0.492 e. The first-order chi connectivity index (χ1) is 17.1. The second-order valence-electron chi connectivity index (χ2n) is 9.47. The third kappa shape index (κ3) is 6.34. The first-order valence-corrected chi connectivity index (χ1v) is 12.8. The number of benzene rings is 2. The van der Waals surface area contributed by atoms with Crippen molar-refractivity contribution in [3.05, 3.63) is 53.6 Å². The van der Waals surface area contributed by atoms with Crippen LogP contribution in [0.15, 0.2) is 42.5 Å². The van der Waals surface area contributed by atoms with Gasteiger partial charge in [-0.25, -0.2) is 0 Å². The van der Waals surface area contributed by atoms with Crippen LogP contribution in [0.1, 0.15) is 49.7 Å². The van der Waals surface area contributed by atoms with Gasteiger partial charge in [-0.3, -0.25) is 9.69 Å². The van der Waals surface area contributed by atoms with Crippen LogP contribution in [-0.4, -0.2) is 73.1 Å². The van der Waals surface area contributed by atoms with Crippen LogP contribution in [0.4, 0.5) is 5.69 Å². The predicted octanol–water partition coefficient (Wildman–Crippen LogP) is 3.36. The van der Waals surface area contributed by atoms with Gasteiger partial charge in [0, 0.05) is 45.4 Å². The molecule has 3 fully saturated rings. The number of likely N-dealkylation sites (tertiary alicyclic amines) is 1. The average Bonchev–Trinajstić information content (AvgIpc) is 3.57. The number of carbonyl (C=O) groups is 1. The first-order valence-electron chi connectivity index (χ1n) is 12.8. The fourth-order valence-electron chi connectivity index (χ4n) is 4.87. The molecule has 0 aromatic heterocycles. The molecule has 7 nitrogen and oxygen atoms in total. The van der Waals surface area contributed by atoms with Crippen LogP contribution >= 0.6 is 0 Å². The smallest absolute Gasteiger partial charge is 0.268 e. The second kappa shape index (κ2) is 11.9. The number of anilines is 1. The zero-order valence-electron chi connectivity index (χ0n) is 20.9. The fourth-order valence-corrected chi connectivity index (χ4v) is 4.87. The lowest BCUT2D eigenvalue weighted by Gasteiger charge is -2.20. The molecule has 0 radical (unpaired) electrons. The van der Waals surface area contributed by atoms with Crippen molar-refractivity contribution in [2.45, 2.75) is 57.2 Å². The quantitative estimate of drug-likeness (QED) is 0.570. The molecular weight excluding hydrogens is 444 g/mol. The number of ether oxygens (including phenoxy) is 2. The molecule has 1 aliphatic carbocycles. The van der Waals surface area contributed by atoms with Gasteiger partial charge in [-0.05, 0) is 73.1 Å². The van der Waals surface area contributed by atoms with Crippen LogP contribution in [0.3, 0.4) is 0 Å². The SMILES string of the molecule is CCc1cc(N2CC[C@H](Oc3ccc(C4CC4)cc3)C2=O)ccc1OCCN1CC[C@@H](O)C1.CO. The summed E-state index contributed by atoms with van der Waals surface area (Å²) in [6, 6.07) is 14.3. The Bertz CT molecular complexity index is 976. The van der Waals surface area contributed by atoms with Gasteiger partial charge in [0.25, 0.3) is 5.91 Å². The number of carbonyl (C=O) groups excluding carboxylic acids is 1. The van der Waals surface area contributed by atoms with Crippen molar-refractivity contribution in [3.8, 4) is 11.5 Å². The monoisotopic (exact) mass is 482 g/mol. The Kier molecular flexibility index (Phi) is 8.65. The Morgan fingerprint density at radius 1 is 1.00 bits per heavy atom. The maximum absolute atomic E-state index is 13.1. The number of nitrogens with zero attached hydrogens (tertiary/aromatic N) is 2. The van der Waals surface area contributed by atoms with Gasteiger partial charge in [0.15, 0.2) is 6.10 Å². The maximum Gasteiger partial charge on any atom is 0.268 e. The van der Waals surface area contributed by atoms with Crippen molar-refractivity contribution in [1.29, 1.82) is 0 Å². The van der Waals surface area contributed by atoms with Crippen molar-refractivity contribution in [2.24, 2.45) is 0 Å². The van der Waals surface area contributed by atoms with Crippen molar-refractivity contribution >= 4 is 11.6 Å². The Labute approximate surface area is 208 Å². The molecule has 2 saturated heterocycles. The van der Waals surface area contributed by atoms with E-state index in [4.69, 9.17) is 14.6 Å². The summed E-state index contributed by atoms with van der Waals surface area (Å²) in [6.45, 7) is 5.82. The average molecular weight is 483 g/mol. The molecule has 2 atom stereocenters. The van der Waals surface area contributed by atoms with Crippen LogP contribution < -0.4 is 14.4 Å². The number of rotatable bonds is 9. The molecule has 3 aliphatic rings. The van der Waals surface area contributed by atoms with E-state index in [1.54, 1.807) is 0 Å². The number of aryl methyl sites for hydroxylation is 1. The molecule has 0 unspecified atom stereocenters. The van der Waals surface area contributed by atoms with Gasteiger partial charge in [-0.15, -0.1) is 0 Å². The highest BCUT2D eigenvalue weighted by molar-refractivity contribution is 5.99. The molecule has 1 amide bonds. The lowest BCUT2D eigenvalue weighted by molar-refractivity contribution is -0.122. The predicted molar refractivity (Wildman–Crippen MR) is 136 cm³/mol. The molecular formula is C28H38N2O5. The topological polar surface area (TPSA) is 82.5 Å². The molecule has 2 aromatic rings. The Morgan fingerprint density at radius 3 is 2.43 bits per heavy atom. The highest BCUT2D eigenvalue weighted by Crippen LogP contribution is 2.40. The van der Waals surface area contributed by atoms with Gasteiger partial charge in [-0.1, -0.05) is 19.1 Å². The van der Waals surface area contributed by atoms with Gasteiger partial charge in [-0.2, -0.15) is 0 Å². The van der Waals surface area contributed by atoms with Crippen molar-refractivity contribution in [1.82, 2.24) is 4.90 Å². The lowest BCUT2D eigenvalue weighted by atomic mass is 10.1. The molecule has 2 aliphatic heterocycles. The second-order valence-corrected chi connectivity index (χ2v) is 9.47. The van der Waals surface area contributed by atoms with E-state index >= 15 is 0 Å². The minimum absolute atomic E-state index is 0.0181. The Hall–Kier alpha value is -2.61. The third-order valence-corrected chi connectivity index (χ3v) is 7.01. The number of amides is 1. The molecule has 1 saturated carbocycles. The highest BCUT2D eigenvalue weighted by Gasteiger charge is 2.34. The van der Waals surface area contributed by atoms with Crippen LogP contribution in [0.25, 0.3) is 0 Å². The molecule has 0 spiro atoms. The van der Waals surface area contributed by atoms with E-state index in [2.05, 4.69) is 30.0 Å². The van der Waals surface area contributed by atoms with Crippen molar-refractivity contribution < 1.29 is 24.5 Å². The summed E-state index contributed by atoms with van der Waals surface area (Å²) < 4.78 is 12.1. The van der Waals surface area contributed by atoms with Gasteiger partial charge in [0.2, 0.25) is 0 Å². The maximum atomic E-state index is 13.1. The zero-order chi connectivity index (χ0) is 24.8. The summed E-state index contributed by atoms with van der Waals surface area (Å²) in [5.74, 6) is 2.37. The summed E-state index contributed by atoms with van der Waals surface area (Å²) in [5, 5.41) is 16.7. The fraction of sp³-hybridized carbons (Fsp3) is 0.536. The highest BCUT2D eigenvalue weighted by atomic mass is 16.5. The van der Waals surface area contributed by atoms with E-state index in [1.165, 1.54) is 18.4 Å². The molecule has 7 heteroatoms. The molecule has 35 heavy (non-hydrogen) atoms. The number of aliphatic hydroxyl groups is 2. The minimum atomic E-state index is -0.436. The van der Waals surface area contributed by atoms with E-state index in [9.17, 15) is 9.90 Å². The standard InChI is InChI=1S/C27H34N2O4.CH4O/c1-2-19-17-22(7-10-25(19)32-16-15-28-13-11-23(30)18-28)29-14-12-26(27(29)31)33-24-8-5-21(6-9-24)20-3-4-20;1-2/h5-10,17,20,23,26,30H,2-4,11-16,18H2,1H3;2H,1H3/t23-,26+;/m1./s1. The molecule has 2 heterocycles. The van der Waals surface area contributed by atoms with Crippen LogP contribution in [-0.2, 0) is 11.2 Å². The van der Waals surface area contributed by atoms with E-state index in [1.807, 2.05) is 29.2 Å². The molecule has 5 rings (SSSR count). The number of hydrogen-bond acceptors (Lipinski definition) is 6. The van der Waals surface area contributed by atoms with Crippen LogP contribution in [0.5, 0.6) is 11.5 Å². The van der Waals surface area contributed by atoms with E-state index in [0.717, 1.165) is 68.3 Å². The minimum Gasteiger partial charge on any atom is -0.492 e. The van der Waals surface area contributed by atoms with E-state index in [0.29, 0.717) is 19.6 Å². The van der Waals surface area contributed by atoms with E-state index in [-0.39, 0.29) is 12.0 Å². The zero-order valence-corrected chi connectivity index (χ0v) is 20.9. The van der Waals surface area contributed by atoms with Gasteiger partial charge < -0.3 is 24.6 Å². The van der Waals surface area contributed by atoms with Crippen LogP contribution in [0.2, 0.25) is 0 Å². The normalized spacial score (nSPS) is 22.2. The summed E-state index contributed by atoms with van der Waals surface area (Å²) in [5.41, 5.74) is 3.37. The number of β-amino-alcohol motifs (C(OH)–C–C–N with tert-alkyl or cyclic N) is 1. The summed E-state index contributed by atoms with van der Waals surface area (Å²) >= 11 is 0. The van der Waals surface area contributed by atoms with Crippen LogP contribution in [0, 0.1) is 0 Å². The summed E-state index contributed by atoms with van der Waals surface area (Å²) in [7, 11) is 1.00. The van der Waals surface area contributed by atoms with Gasteiger partial charge in [0.05, 0.1) is 6.10 Å². The molecule has 190 valence electrons. The summed E-state index contributed by atoms with van der Waals surface area (Å²) in [6.07, 6.45) is 4.28. The number of aliphatic hydroxyl groups excluding tert-OH is 2. The number of hydrogen-bond donors (Lipinski definition) is 2. The lowest BCUT2D eigenvalue weighted by Crippen LogP contribution is -2.32. The van der Waals surface area contributed by atoms with Gasteiger partial charge in [0.1, 0.15) is 18.1 Å². The third-order valence-electron chi connectivity index (χ3n) is 7.01. The Morgan fingerprint density at radius 2 is 1.77 bits per heavy atom. The van der Waals surface area contributed by atoms with Gasteiger partial charge >= 0.3 is 0 Å².